The molecular weight excluding hydrogens is 547 g/mol. The summed E-state index contributed by atoms with van der Waals surface area (Å²) in [4.78, 5) is 28.9. The fraction of sp³-hybridized carbons (Fsp3) is 0.310. The summed E-state index contributed by atoms with van der Waals surface area (Å²) in [6.07, 6.45) is 1.21. The fourth-order valence-electron chi connectivity index (χ4n) is 3.80. The van der Waals surface area contributed by atoms with E-state index in [4.69, 9.17) is 34.8 Å². The highest BCUT2D eigenvalue weighted by molar-refractivity contribution is 7.99. The Bertz CT molecular complexity index is 1190. The van der Waals surface area contributed by atoms with Crippen molar-refractivity contribution in [1.29, 1.82) is 0 Å². The van der Waals surface area contributed by atoms with Gasteiger partial charge in [0.15, 0.2) is 0 Å². The lowest BCUT2D eigenvalue weighted by Crippen LogP contribution is -2.52. The lowest BCUT2D eigenvalue weighted by atomic mass is 10.0. The number of rotatable bonds is 12. The molecule has 1 N–H and O–H groups in total. The van der Waals surface area contributed by atoms with Gasteiger partial charge in [0.05, 0.1) is 15.8 Å². The minimum atomic E-state index is -0.673. The Labute approximate surface area is 238 Å². The van der Waals surface area contributed by atoms with Gasteiger partial charge in [-0.25, -0.2) is 0 Å². The van der Waals surface area contributed by atoms with E-state index in [2.05, 4.69) is 5.32 Å². The summed E-state index contributed by atoms with van der Waals surface area (Å²) in [5, 5.41) is 4.65. The molecule has 0 aromatic heterocycles. The molecule has 0 spiro atoms. The van der Waals surface area contributed by atoms with Crippen LogP contribution >= 0.6 is 46.6 Å². The molecule has 3 aromatic rings. The smallest absolute Gasteiger partial charge is 0.243 e. The highest BCUT2D eigenvalue weighted by atomic mass is 35.5. The third-order valence-corrected chi connectivity index (χ3v) is 7.96. The van der Waals surface area contributed by atoms with Gasteiger partial charge in [0, 0.05) is 29.8 Å². The van der Waals surface area contributed by atoms with Crippen LogP contribution in [0.1, 0.15) is 37.0 Å². The van der Waals surface area contributed by atoms with Gasteiger partial charge in [0.25, 0.3) is 0 Å². The molecule has 0 fully saturated rings. The number of hydrogen-bond donors (Lipinski definition) is 1. The van der Waals surface area contributed by atoms with Gasteiger partial charge >= 0.3 is 0 Å². The Balaban J connectivity index is 1.85. The summed E-state index contributed by atoms with van der Waals surface area (Å²) in [5.41, 5.74) is 2.83. The van der Waals surface area contributed by atoms with Crippen LogP contribution in [-0.4, -0.2) is 34.6 Å². The molecule has 4 nitrogen and oxygen atoms in total. The lowest BCUT2D eigenvalue weighted by molar-refractivity contribution is -0.139. The van der Waals surface area contributed by atoms with Gasteiger partial charge < -0.3 is 10.2 Å². The average molecular weight is 578 g/mol. The van der Waals surface area contributed by atoms with Gasteiger partial charge in [0.2, 0.25) is 11.8 Å². The molecule has 2 atom stereocenters. The molecule has 0 bridgehead atoms. The predicted molar refractivity (Wildman–Crippen MR) is 156 cm³/mol. The Morgan fingerprint density at radius 3 is 2.30 bits per heavy atom. The second-order valence-corrected chi connectivity index (χ2v) is 11.2. The standard InChI is InChI=1S/C29H31Cl3N2O2S/c1-3-20(2)33-29(36)27(16-21-8-5-4-6-9-21)34(17-22-10-7-11-24(30)14-22)28(35)19-37-18-23-12-13-25(31)26(32)15-23/h4-15,20,27H,3,16-19H2,1-2H3,(H,33,36)/t20-,27-/m1/s1. The van der Waals surface area contributed by atoms with E-state index < -0.39 is 6.04 Å². The van der Waals surface area contributed by atoms with E-state index in [0.717, 1.165) is 23.1 Å². The van der Waals surface area contributed by atoms with Crippen LogP contribution in [0.15, 0.2) is 72.8 Å². The predicted octanol–water partition coefficient (Wildman–Crippen LogP) is 7.43. The molecule has 8 heteroatoms. The summed E-state index contributed by atoms with van der Waals surface area (Å²) < 4.78 is 0. The third kappa shape index (κ3) is 9.26. The first kappa shape index (κ1) is 29.4. The number of nitrogens with one attached hydrogen (secondary N) is 1. The number of hydrogen-bond acceptors (Lipinski definition) is 3. The maximum atomic E-state index is 13.7. The molecule has 0 aliphatic carbocycles. The normalized spacial score (nSPS) is 12.6. The van der Waals surface area contributed by atoms with Crippen LogP contribution in [0, 0.1) is 0 Å². The molecule has 0 saturated carbocycles. The molecule has 0 saturated heterocycles. The van der Waals surface area contributed by atoms with E-state index in [1.165, 1.54) is 11.8 Å². The van der Waals surface area contributed by atoms with Crippen molar-refractivity contribution in [1.82, 2.24) is 10.2 Å². The lowest BCUT2D eigenvalue weighted by Gasteiger charge is -2.32. The van der Waals surface area contributed by atoms with Gasteiger partial charge in [-0.2, -0.15) is 0 Å². The molecule has 37 heavy (non-hydrogen) atoms. The summed E-state index contributed by atoms with van der Waals surface area (Å²) in [5.74, 6) is 0.520. The van der Waals surface area contributed by atoms with Crippen molar-refractivity contribution in [3.63, 3.8) is 0 Å². The van der Waals surface area contributed by atoms with Gasteiger partial charge in [-0.15, -0.1) is 11.8 Å². The minimum absolute atomic E-state index is 0.00192. The van der Waals surface area contributed by atoms with Crippen molar-refractivity contribution in [2.45, 2.75) is 51.1 Å². The van der Waals surface area contributed by atoms with E-state index in [1.54, 1.807) is 17.0 Å². The van der Waals surface area contributed by atoms with Crippen LogP contribution < -0.4 is 5.32 Å². The van der Waals surface area contributed by atoms with Crippen molar-refractivity contribution in [2.24, 2.45) is 0 Å². The monoisotopic (exact) mass is 576 g/mol. The molecule has 0 aliphatic rings. The molecule has 3 rings (SSSR count). The van der Waals surface area contributed by atoms with Crippen molar-refractivity contribution in [3.8, 4) is 0 Å². The van der Waals surface area contributed by atoms with Gasteiger partial charge in [-0.1, -0.05) is 90.3 Å². The van der Waals surface area contributed by atoms with Gasteiger partial charge in [-0.3, -0.25) is 9.59 Å². The number of carbonyl (C=O) groups is 2. The van der Waals surface area contributed by atoms with Gasteiger partial charge in [-0.05, 0) is 54.3 Å². The molecule has 0 heterocycles. The second kappa shape index (κ2) is 14.7. The summed E-state index contributed by atoms with van der Waals surface area (Å²) >= 11 is 19.9. The van der Waals surface area contributed by atoms with Crippen LogP contribution in [0.25, 0.3) is 0 Å². The molecule has 0 aliphatic heterocycles. The number of halogens is 3. The summed E-state index contributed by atoms with van der Waals surface area (Å²) in [6.45, 7) is 4.26. The minimum Gasteiger partial charge on any atom is -0.352 e. The number of thioether (sulfide) groups is 1. The number of carbonyl (C=O) groups excluding carboxylic acids is 2. The Hall–Kier alpha value is -2.18. The van der Waals surface area contributed by atoms with Crippen LogP contribution in [-0.2, 0) is 28.3 Å². The summed E-state index contributed by atoms with van der Waals surface area (Å²) in [6, 6.07) is 21.9. The Kier molecular flexibility index (Phi) is 11.7. The van der Waals surface area contributed by atoms with Crippen molar-refractivity contribution >= 4 is 58.4 Å². The maximum absolute atomic E-state index is 13.7. The van der Waals surface area contributed by atoms with E-state index in [1.807, 2.05) is 74.5 Å². The van der Waals surface area contributed by atoms with Crippen LogP contribution in [0.4, 0.5) is 0 Å². The molecule has 0 radical (unpaired) electrons. The van der Waals surface area contributed by atoms with E-state index in [-0.39, 0.29) is 30.2 Å². The second-order valence-electron chi connectivity index (χ2n) is 8.92. The molecule has 2 amide bonds. The highest BCUT2D eigenvalue weighted by Crippen LogP contribution is 2.25. The quantitative estimate of drug-likeness (QED) is 0.243. The first-order chi connectivity index (χ1) is 17.8. The molecule has 3 aromatic carbocycles. The Morgan fingerprint density at radius 1 is 0.892 bits per heavy atom. The SMILES string of the molecule is CC[C@@H](C)NC(=O)[C@@H](Cc1ccccc1)N(Cc1cccc(Cl)c1)C(=O)CSCc1ccc(Cl)c(Cl)c1. The zero-order valence-electron chi connectivity index (χ0n) is 20.9. The first-order valence-electron chi connectivity index (χ1n) is 12.2. The molecular formula is C29H31Cl3N2O2S. The van der Waals surface area contributed by atoms with Crippen LogP contribution in [0.3, 0.4) is 0 Å². The third-order valence-electron chi connectivity index (χ3n) is 5.99. The topological polar surface area (TPSA) is 49.4 Å². The number of benzene rings is 3. The highest BCUT2D eigenvalue weighted by Gasteiger charge is 2.31. The summed E-state index contributed by atoms with van der Waals surface area (Å²) in [7, 11) is 0. The number of amides is 2. The van der Waals surface area contributed by atoms with Crippen LogP contribution in [0.5, 0.6) is 0 Å². The van der Waals surface area contributed by atoms with E-state index in [0.29, 0.717) is 27.2 Å². The molecule has 0 unspecified atom stereocenters. The zero-order chi connectivity index (χ0) is 26.8. The Morgan fingerprint density at radius 2 is 1.62 bits per heavy atom. The molecule has 196 valence electrons. The maximum Gasteiger partial charge on any atom is 0.243 e. The number of nitrogens with zero attached hydrogens (tertiary/aromatic N) is 1. The largest absolute Gasteiger partial charge is 0.352 e. The first-order valence-corrected chi connectivity index (χ1v) is 14.5. The van der Waals surface area contributed by atoms with E-state index >= 15 is 0 Å². The van der Waals surface area contributed by atoms with E-state index in [9.17, 15) is 9.59 Å². The zero-order valence-corrected chi connectivity index (χ0v) is 24.0. The van der Waals surface area contributed by atoms with Crippen molar-refractivity contribution in [2.75, 3.05) is 5.75 Å². The van der Waals surface area contributed by atoms with Crippen molar-refractivity contribution < 1.29 is 9.59 Å². The fourth-order valence-corrected chi connectivity index (χ4v) is 5.19. The average Bonchev–Trinajstić information content (AvgIpc) is 2.88. The van der Waals surface area contributed by atoms with Crippen LogP contribution in [0.2, 0.25) is 15.1 Å². The van der Waals surface area contributed by atoms with Gasteiger partial charge in [0.1, 0.15) is 6.04 Å². The van der Waals surface area contributed by atoms with Crippen molar-refractivity contribution in [3.05, 3.63) is 105 Å².